The number of hydrogen-bond donors (Lipinski definition) is 2. The fourth-order valence-electron chi connectivity index (χ4n) is 1.70. The second kappa shape index (κ2) is 7.15. The molecule has 114 valence electrons. The Morgan fingerprint density at radius 2 is 1.82 bits per heavy atom. The van der Waals surface area contributed by atoms with Gasteiger partial charge in [0.25, 0.3) is 5.91 Å². The van der Waals surface area contributed by atoms with Crippen molar-refractivity contribution < 1.29 is 19.4 Å². The number of carboxylic acid groups (broad SMARTS) is 1. The number of halogens is 2. The molecule has 0 aliphatic heterocycles. The summed E-state index contributed by atoms with van der Waals surface area (Å²) in [5.41, 5.74) is 0.450. The number of carbonyl (C=O) groups is 2. The number of nitrogens with one attached hydrogen (secondary N) is 1. The van der Waals surface area contributed by atoms with Crippen molar-refractivity contribution >= 4 is 40.8 Å². The third-order valence-corrected chi connectivity index (χ3v) is 3.11. The predicted molar refractivity (Wildman–Crippen MR) is 84.0 cm³/mol. The molecule has 1 amide bonds. The van der Waals surface area contributed by atoms with Crippen LogP contribution in [0.5, 0.6) is 5.75 Å². The number of carboxylic acids is 1. The zero-order chi connectivity index (χ0) is 16.1. The van der Waals surface area contributed by atoms with Crippen LogP contribution < -0.4 is 10.1 Å². The highest BCUT2D eigenvalue weighted by Crippen LogP contribution is 2.23. The van der Waals surface area contributed by atoms with Gasteiger partial charge in [0.1, 0.15) is 11.3 Å². The summed E-state index contributed by atoms with van der Waals surface area (Å²) in [6.07, 6.45) is 0. The van der Waals surface area contributed by atoms with Gasteiger partial charge in [0, 0.05) is 15.7 Å². The van der Waals surface area contributed by atoms with Crippen molar-refractivity contribution in [3.8, 4) is 5.75 Å². The maximum absolute atomic E-state index is 11.8. The molecule has 2 rings (SSSR count). The molecule has 0 aliphatic rings. The summed E-state index contributed by atoms with van der Waals surface area (Å²) >= 11 is 11.6. The minimum absolute atomic E-state index is 0.0289. The fourth-order valence-corrected chi connectivity index (χ4v) is 2.05. The lowest BCUT2D eigenvalue weighted by Crippen LogP contribution is -2.20. The molecule has 0 heterocycles. The van der Waals surface area contributed by atoms with Gasteiger partial charge < -0.3 is 15.2 Å². The molecule has 2 N–H and O–H groups in total. The van der Waals surface area contributed by atoms with Gasteiger partial charge in [-0.1, -0.05) is 29.3 Å². The van der Waals surface area contributed by atoms with E-state index in [9.17, 15) is 9.59 Å². The first-order chi connectivity index (χ1) is 10.5. The molecule has 22 heavy (non-hydrogen) atoms. The molecule has 2 aromatic rings. The van der Waals surface area contributed by atoms with Gasteiger partial charge in [0.2, 0.25) is 0 Å². The van der Waals surface area contributed by atoms with Crippen molar-refractivity contribution in [3.05, 3.63) is 58.1 Å². The van der Waals surface area contributed by atoms with E-state index in [1.165, 1.54) is 18.2 Å². The Balaban J connectivity index is 2.02. The molecular weight excluding hydrogens is 329 g/mol. The molecule has 0 aliphatic carbocycles. The number of ether oxygens (including phenoxy) is 1. The third-order valence-electron chi connectivity index (χ3n) is 2.64. The zero-order valence-electron chi connectivity index (χ0n) is 11.2. The Morgan fingerprint density at radius 1 is 1.09 bits per heavy atom. The van der Waals surface area contributed by atoms with E-state index in [0.717, 1.165) is 0 Å². The fraction of sp³-hybridized carbons (Fsp3) is 0.0667. The SMILES string of the molecule is O=C(COc1cc(Cl)ccc1C(=O)O)Nc1cccc(Cl)c1. The molecule has 7 heteroatoms. The maximum atomic E-state index is 11.8. The molecule has 0 aromatic heterocycles. The van der Waals surface area contributed by atoms with E-state index in [4.69, 9.17) is 33.0 Å². The van der Waals surface area contributed by atoms with Crippen molar-refractivity contribution in [2.24, 2.45) is 0 Å². The summed E-state index contributed by atoms with van der Waals surface area (Å²) < 4.78 is 5.23. The van der Waals surface area contributed by atoms with Crippen LogP contribution in [0.1, 0.15) is 10.4 Å². The van der Waals surface area contributed by atoms with E-state index in [0.29, 0.717) is 15.7 Å². The van der Waals surface area contributed by atoms with Gasteiger partial charge in [-0.2, -0.15) is 0 Å². The predicted octanol–water partition coefficient (Wildman–Crippen LogP) is 3.71. The number of benzene rings is 2. The molecule has 0 unspecified atom stereocenters. The lowest BCUT2D eigenvalue weighted by Gasteiger charge is -2.10. The first-order valence-electron chi connectivity index (χ1n) is 6.17. The second-order valence-corrected chi connectivity index (χ2v) is 5.17. The van der Waals surface area contributed by atoms with E-state index in [-0.39, 0.29) is 17.9 Å². The average molecular weight is 340 g/mol. The number of hydrogen-bond acceptors (Lipinski definition) is 3. The maximum Gasteiger partial charge on any atom is 0.339 e. The van der Waals surface area contributed by atoms with Gasteiger partial charge in [-0.15, -0.1) is 0 Å². The lowest BCUT2D eigenvalue weighted by atomic mass is 10.2. The number of carbonyl (C=O) groups excluding carboxylic acids is 1. The topological polar surface area (TPSA) is 75.6 Å². The molecule has 0 saturated carbocycles. The van der Waals surface area contributed by atoms with E-state index in [1.807, 2.05) is 0 Å². The van der Waals surface area contributed by atoms with Crippen molar-refractivity contribution in [2.45, 2.75) is 0 Å². The van der Waals surface area contributed by atoms with Gasteiger partial charge in [-0.3, -0.25) is 4.79 Å². The summed E-state index contributed by atoms with van der Waals surface area (Å²) in [7, 11) is 0. The van der Waals surface area contributed by atoms with Crippen LogP contribution in [0.15, 0.2) is 42.5 Å². The van der Waals surface area contributed by atoms with Crippen molar-refractivity contribution in [1.82, 2.24) is 0 Å². The van der Waals surface area contributed by atoms with Gasteiger partial charge in [-0.25, -0.2) is 4.79 Å². The van der Waals surface area contributed by atoms with Crippen LogP contribution in [0.2, 0.25) is 10.0 Å². The van der Waals surface area contributed by atoms with E-state index < -0.39 is 11.9 Å². The monoisotopic (exact) mass is 339 g/mol. The largest absolute Gasteiger partial charge is 0.483 e. The molecule has 0 spiro atoms. The molecule has 0 saturated heterocycles. The Morgan fingerprint density at radius 3 is 2.50 bits per heavy atom. The second-order valence-electron chi connectivity index (χ2n) is 4.29. The van der Waals surface area contributed by atoms with Gasteiger partial charge in [0.05, 0.1) is 0 Å². The standard InChI is InChI=1S/C15H11Cl2NO4/c16-9-2-1-3-11(6-9)18-14(19)8-22-13-7-10(17)4-5-12(13)15(20)21/h1-7H,8H2,(H,18,19)(H,20,21). The van der Waals surface area contributed by atoms with Crippen LogP contribution in [-0.4, -0.2) is 23.6 Å². The van der Waals surface area contributed by atoms with Crippen LogP contribution in [0, 0.1) is 0 Å². The number of aromatic carboxylic acids is 1. The summed E-state index contributed by atoms with van der Waals surface area (Å²) in [6, 6.07) is 10.7. The van der Waals surface area contributed by atoms with E-state index >= 15 is 0 Å². The van der Waals surface area contributed by atoms with Crippen molar-refractivity contribution in [2.75, 3.05) is 11.9 Å². The Bertz CT molecular complexity index is 718. The molecule has 5 nitrogen and oxygen atoms in total. The number of anilines is 1. The van der Waals surface area contributed by atoms with Crippen LogP contribution >= 0.6 is 23.2 Å². The number of amides is 1. The average Bonchev–Trinajstić information content (AvgIpc) is 2.45. The molecule has 0 radical (unpaired) electrons. The first kappa shape index (κ1) is 16.1. The molecular formula is C15H11Cl2NO4. The Labute approximate surface area is 136 Å². The molecule has 0 atom stereocenters. The Hall–Kier alpha value is -2.24. The summed E-state index contributed by atoms with van der Waals surface area (Å²) in [5.74, 6) is -1.58. The highest BCUT2D eigenvalue weighted by molar-refractivity contribution is 6.31. The smallest absolute Gasteiger partial charge is 0.339 e. The summed E-state index contributed by atoms with van der Waals surface area (Å²) in [4.78, 5) is 22.9. The third kappa shape index (κ3) is 4.38. The molecule has 2 aromatic carbocycles. The first-order valence-corrected chi connectivity index (χ1v) is 6.92. The van der Waals surface area contributed by atoms with Gasteiger partial charge in [0.15, 0.2) is 6.61 Å². The quantitative estimate of drug-likeness (QED) is 0.870. The van der Waals surface area contributed by atoms with E-state index in [1.54, 1.807) is 24.3 Å². The summed E-state index contributed by atoms with van der Waals surface area (Å²) in [6.45, 7) is -0.354. The van der Waals surface area contributed by atoms with Crippen molar-refractivity contribution in [1.29, 1.82) is 0 Å². The Kier molecular flexibility index (Phi) is 5.25. The van der Waals surface area contributed by atoms with Crippen LogP contribution in [0.4, 0.5) is 5.69 Å². The minimum Gasteiger partial charge on any atom is -0.483 e. The van der Waals surface area contributed by atoms with Gasteiger partial charge in [-0.05, 0) is 36.4 Å². The van der Waals surface area contributed by atoms with Gasteiger partial charge >= 0.3 is 5.97 Å². The van der Waals surface area contributed by atoms with E-state index in [2.05, 4.69) is 5.32 Å². The normalized spacial score (nSPS) is 10.1. The highest BCUT2D eigenvalue weighted by atomic mass is 35.5. The lowest BCUT2D eigenvalue weighted by molar-refractivity contribution is -0.118. The zero-order valence-corrected chi connectivity index (χ0v) is 12.7. The van der Waals surface area contributed by atoms with Crippen LogP contribution in [0.25, 0.3) is 0 Å². The summed E-state index contributed by atoms with van der Waals surface area (Å²) in [5, 5.41) is 12.4. The molecule has 0 fully saturated rings. The van der Waals surface area contributed by atoms with Crippen molar-refractivity contribution in [3.63, 3.8) is 0 Å². The van der Waals surface area contributed by atoms with Crippen LogP contribution in [-0.2, 0) is 4.79 Å². The highest BCUT2D eigenvalue weighted by Gasteiger charge is 2.13. The number of rotatable bonds is 5. The minimum atomic E-state index is -1.16. The molecule has 0 bridgehead atoms. The van der Waals surface area contributed by atoms with Crippen LogP contribution in [0.3, 0.4) is 0 Å².